The minimum Gasteiger partial charge on any atom is -0.496 e. The number of thioether (sulfide) groups is 1. The first-order valence-corrected chi connectivity index (χ1v) is 10.8. The predicted octanol–water partition coefficient (Wildman–Crippen LogP) is 4.54. The minimum absolute atomic E-state index is 0.288. The third-order valence-electron chi connectivity index (χ3n) is 4.29. The van der Waals surface area contributed by atoms with E-state index in [0.29, 0.717) is 5.69 Å². The normalized spacial score (nSPS) is 15.1. The van der Waals surface area contributed by atoms with Crippen molar-refractivity contribution in [3.05, 3.63) is 62.1 Å². The van der Waals surface area contributed by atoms with Gasteiger partial charge in [-0.25, -0.2) is 0 Å². The van der Waals surface area contributed by atoms with E-state index in [4.69, 9.17) is 4.74 Å². The number of rotatable bonds is 6. The Kier molecular flexibility index (Phi) is 6.96. The Balaban J connectivity index is 1.68. The second kappa shape index (κ2) is 9.45. The summed E-state index contributed by atoms with van der Waals surface area (Å²) in [7, 11) is 1.59. The van der Waals surface area contributed by atoms with Crippen molar-refractivity contribution in [3.8, 4) is 5.75 Å². The van der Waals surface area contributed by atoms with Gasteiger partial charge in [-0.05, 0) is 82.2 Å². The molecule has 1 fully saturated rings. The smallest absolute Gasteiger partial charge is 0.294 e. The minimum atomic E-state index is -0.470. The molecule has 6 nitrogen and oxygen atoms in total. The van der Waals surface area contributed by atoms with E-state index in [1.54, 1.807) is 31.4 Å². The Labute approximate surface area is 186 Å². The third kappa shape index (κ3) is 5.18. The summed E-state index contributed by atoms with van der Waals surface area (Å²) in [5, 5.41) is 2.26. The number of methoxy groups -OCH3 is 1. The molecule has 1 saturated heterocycles. The molecule has 0 unspecified atom stereocenters. The number of benzene rings is 2. The van der Waals surface area contributed by atoms with Crippen LogP contribution in [0.1, 0.15) is 18.1 Å². The summed E-state index contributed by atoms with van der Waals surface area (Å²) in [6.45, 7) is 1.73. The summed E-state index contributed by atoms with van der Waals surface area (Å²) in [6, 6.07) is 12.9. The largest absolute Gasteiger partial charge is 0.496 e. The first kappa shape index (κ1) is 21.4. The van der Waals surface area contributed by atoms with Crippen molar-refractivity contribution >= 4 is 63.2 Å². The molecular weight excluding hydrogens is 503 g/mol. The van der Waals surface area contributed by atoms with E-state index in [-0.39, 0.29) is 11.4 Å². The lowest BCUT2D eigenvalue weighted by Crippen LogP contribution is -2.36. The Morgan fingerprint density at radius 3 is 2.55 bits per heavy atom. The van der Waals surface area contributed by atoms with Gasteiger partial charge in [-0.3, -0.25) is 19.3 Å². The summed E-state index contributed by atoms with van der Waals surface area (Å²) in [5.41, 5.74) is 2.57. The Bertz CT molecular complexity index is 989. The lowest BCUT2D eigenvalue weighted by atomic mass is 10.1. The van der Waals surface area contributed by atoms with E-state index >= 15 is 0 Å². The zero-order valence-corrected chi connectivity index (χ0v) is 18.9. The van der Waals surface area contributed by atoms with Crippen LogP contribution in [0.25, 0.3) is 6.08 Å². The average Bonchev–Trinajstić information content (AvgIpc) is 2.96. The van der Waals surface area contributed by atoms with E-state index in [1.165, 1.54) is 0 Å². The molecule has 150 valence electrons. The molecule has 29 heavy (non-hydrogen) atoms. The van der Waals surface area contributed by atoms with Crippen molar-refractivity contribution in [2.24, 2.45) is 0 Å². The van der Waals surface area contributed by atoms with Crippen LogP contribution in [0.3, 0.4) is 0 Å². The van der Waals surface area contributed by atoms with Crippen LogP contribution in [0.15, 0.2) is 47.4 Å². The fraction of sp³-hybridized carbons (Fsp3) is 0.190. The maximum atomic E-state index is 12.6. The number of amides is 3. The highest BCUT2D eigenvalue weighted by Crippen LogP contribution is 2.33. The number of carbonyl (C=O) groups excluding carboxylic acids is 3. The molecule has 0 bridgehead atoms. The van der Waals surface area contributed by atoms with Crippen molar-refractivity contribution in [2.75, 3.05) is 19.0 Å². The van der Waals surface area contributed by atoms with Crippen molar-refractivity contribution < 1.29 is 19.1 Å². The first-order valence-electron chi connectivity index (χ1n) is 8.89. The van der Waals surface area contributed by atoms with Gasteiger partial charge in [-0.2, -0.15) is 0 Å². The molecule has 1 N–H and O–H groups in total. The number of nitrogens with one attached hydrogen (secondary N) is 1. The molecule has 2 aromatic carbocycles. The van der Waals surface area contributed by atoms with E-state index in [9.17, 15) is 14.4 Å². The van der Waals surface area contributed by atoms with Crippen LogP contribution < -0.4 is 10.1 Å². The molecule has 0 aliphatic carbocycles. The Hall–Kier alpha value is -2.33. The monoisotopic (exact) mass is 522 g/mol. The summed E-state index contributed by atoms with van der Waals surface area (Å²) in [4.78, 5) is 38.4. The standard InChI is InChI=1S/C21H19IN2O4S/c1-3-13-4-7-15(8-5-13)23-19(25)12-24-20(26)18(29-21(24)27)11-14-6-9-17(28-2)16(22)10-14/h4-11H,3,12H2,1-2H3,(H,23,25)/b18-11-. The second-order valence-corrected chi connectivity index (χ2v) is 8.42. The maximum Gasteiger partial charge on any atom is 0.294 e. The van der Waals surface area contributed by atoms with Crippen molar-refractivity contribution in [1.82, 2.24) is 4.90 Å². The summed E-state index contributed by atoms with van der Waals surface area (Å²) >= 11 is 2.97. The average molecular weight is 522 g/mol. The molecule has 3 amide bonds. The SMILES string of the molecule is CCc1ccc(NC(=O)CN2C(=O)S/C(=C\c3ccc(OC)c(I)c3)C2=O)cc1. The van der Waals surface area contributed by atoms with Gasteiger partial charge in [-0.15, -0.1) is 0 Å². The number of halogens is 1. The van der Waals surface area contributed by atoms with Crippen LogP contribution in [0.5, 0.6) is 5.75 Å². The third-order valence-corrected chi connectivity index (χ3v) is 6.05. The molecule has 0 saturated carbocycles. The van der Waals surface area contributed by atoms with Gasteiger partial charge in [0.15, 0.2) is 0 Å². The summed E-state index contributed by atoms with van der Waals surface area (Å²) in [5.74, 6) is -0.154. The molecule has 1 heterocycles. The molecule has 0 aromatic heterocycles. The fourth-order valence-electron chi connectivity index (χ4n) is 2.73. The molecule has 0 atom stereocenters. The van der Waals surface area contributed by atoms with Crippen LogP contribution in [0.2, 0.25) is 0 Å². The first-order chi connectivity index (χ1) is 13.9. The topological polar surface area (TPSA) is 75.7 Å². The van der Waals surface area contributed by atoms with Crippen molar-refractivity contribution in [1.29, 1.82) is 0 Å². The number of hydrogen-bond donors (Lipinski definition) is 1. The van der Waals surface area contributed by atoms with E-state index in [1.807, 2.05) is 31.2 Å². The van der Waals surface area contributed by atoms with E-state index in [0.717, 1.165) is 43.5 Å². The van der Waals surface area contributed by atoms with Gasteiger partial charge in [0.25, 0.3) is 11.1 Å². The highest BCUT2D eigenvalue weighted by Gasteiger charge is 2.36. The van der Waals surface area contributed by atoms with Crippen molar-refractivity contribution in [3.63, 3.8) is 0 Å². The van der Waals surface area contributed by atoms with E-state index < -0.39 is 17.1 Å². The number of carbonyl (C=O) groups is 3. The lowest BCUT2D eigenvalue weighted by molar-refractivity contribution is -0.127. The quantitative estimate of drug-likeness (QED) is 0.446. The van der Waals surface area contributed by atoms with E-state index in [2.05, 4.69) is 27.9 Å². The second-order valence-electron chi connectivity index (χ2n) is 6.26. The number of nitrogens with zero attached hydrogens (tertiary/aromatic N) is 1. The number of ether oxygens (including phenoxy) is 1. The van der Waals surface area contributed by atoms with Crippen LogP contribution >= 0.6 is 34.4 Å². The van der Waals surface area contributed by atoms with Gasteiger partial charge in [0, 0.05) is 5.69 Å². The summed E-state index contributed by atoms with van der Waals surface area (Å²) < 4.78 is 6.12. The van der Waals surface area contributed by atoms with Crippen LogP contribution in [0, 0.1) is 3.57 Å². The van der Waals surface area contributed by atoms with Gasteiger partial charge in [-0.1, -0.05) is 25.1 Å². The predicted molar refractivity (Wildman–Crippen MR) is 123 cm³/mol. The molecule has 0 spiro atoms. The maximum absolute atomic E-state index is 12.6. The van der Waals surface area contributed by atoms with Crippen molar-refractivity contribution in [2.45, 2.75) is 13.3 Å². The highest BCUT2D eigenvalue weighted by molar-refractivity contribution is 14.1. The molecule has 3 rings (SSSR count). The fourth-order valence-corrected chi connectivity index (χ4v) is 4.33. The number of hydrogen-bond acceptors (Lipinski definition) is 5. The van der Waals surface area contributed by atoms with Gasteiger partial charge in [0.2, 0.25) is 5.91 Å². The van der Waals surface area contributed by atoms with Gasteiger partial charge in [0.1, 0.15) is 12.3 Å². The molecule has 1 aliphatic heterocycles. The van der Waals surface area contributed by atoms with Crippen LogP contribution in [-0.2, 0) is 16.0 Å². The van der Waals surface area contributed by atoms with Crippen LogP contribution in [-0.4, -0.2) is 35.6 Å². The highest BCUT2D eigenvalue weighted by atomic mass is 127. The number of imide groups is 1. The number of anilines is 1. The van der Waals surface area contributed by atoms with Gasteiger partial charge in [0.05, 0.1) is 15.6 Å². The van der Waals surface area contributed by atoms with Gasteiger partial charge < -0.3 is 10.1 Å². The molecular formula is C21H19IN2O4S. The Morgan fingerprint density at radius 2 is 1.93 bits per heavy atom. The molecule has 1 aliphatic rings. The number of aryl methyl sites for hydroxylation is 1. The zero-order chi connectivity index (χ0) is 21.0. The van der Waals surface area contributed by atoms with Gasteiger partial charge >= 0.3 is 0 Å². The lowest BCUT2D eigenvalue weighted by Gasteiger charge is -2.12. The summed E-state index contributed by atoms with van der Waals surface area (Å²) in [6.07, 6.45) is 2.55. The molecule has 0 radical (unpaired) electrons. The Morgan fingerprint density at radius 1 is 1.21 bits per heavy atom. The molecule has 8 heteroatoms. The zero-order valence-electron chi connectivity index (χ0n) is 15.9. The van der Waals surface area contributed by atoms with Crippen LogP contribution in [0.4, 0.5) is 10.5 Å². The molecule has 2 aromatic rings.